The lowest BCUT2D eigenvalue weighted by Crippen LogP contribution is -2.08. The molecular weight excluding hydrogens is 254 g/mol. The normalized spacial score (nSPS) is 10.8. The van der Waals surface area contributed by atoms with E-state index in [1.807, 2.05) is 35.9 Å². The summed E-state index contributed by atoms with van der Waals surface area (Å²) in [7, 11) is 0. The Balaban J connectivity index is 2.34. The number of carbonyl (C=O) groups is 2. The topological polar surface area (TPSA) is 48.3 Å². The number of benzene rings is 1. The fourth-order valence-electron chi connectivity index (χ4n) is 2.32. The van der Waals surface area contributed by atoms with Crippen LogP contribution in [0.2, 0.25) is 0 Å². The number of aromatic nitrogens is 1. The first-order valence-electron chi connectivity index (χ1n) is 6.79. The molecule has 4 nitrogen and oxygen atoms in total. The quantitative estimate of drug-likeness (QED) is 0.621. The maximum absolute atomic E-state index is 11.7. The van der Waals surface area contributed by atoms with Gasteiger partial charge in [0.05, 0.1) is 13.0 Å². The minimum Gasteiger partial charge on any atom is -0.466 e. The van der Waals surface area contributed by atoms with Crippen LogP contribution in [0.4, 0.5) is 0 Å². The molecule has 0 aliphatic heterocycles. The Kier molecular flexibility index (Phi) is 4.23. The molecule has 0 unspecified atom stereocenters. The molecular formula is C16H19NO3. The van der Waals surface area contributed by atoms with E-state index in [0.717, 1.165) is 16.5 Å². The van der Waals surface area contributed by atoms with E-state index < -0.39 is 0 Å². The van der Waals surface area contributed by atoms with Crippen LogP contribution in [-0.2, 0) is 16.1 Å². The highest BCUT2D eigenvalue weighted by atomic mass is 16.5. The number of fused-ring (bicyclic) bond motifs is 1. The van der Waals surface area contributed by atoms with Crippen molar-refractivity contribution in [2.24, 2.45) is 0 Å². The predicted molar refractivity (Wildman–Crippen MR) is 77.9 cm³/mol. The zero-order chi connectivity index (χ0) is 14.7. The molecule has 1 heterocycles. The van der Waals surface area contributed by atoms with Crippen molar-refractivity contribution in [2.45, 2.75) is 33.7 Å². The third-order valence-corrected chi connectivity index (χ3v) is 3.28. The summed E-state index contributed by atoms with van der Waals surface area (Å²) in [5, 5.41) is 0.946. The Bertz CT molecular complexity index is 655. The standard InChI is InChI=1S/C16H19NO3/c1-4-20-16(19)7-8-17-10-14(12(3)18)13-9-11(2)5-6-15(13)17/h5-6,9-10H,4,7-8H2,1-3H3. The van der Waals surface area contributed by atoms with Gasteiger partial charge in [-0.2, -0.15) is 0 Å². The third kappa shape index (κ3) is 2.90. The van der Waals surface area contributed by atoms with Crippen molar-refractivity contribution in [1.29, 1.82) is 0 Å². The second-order valence-corrected chi connectivity index (χ2v) is 4.87. The zero-order valence-electron chi connectivity index (χ0n) is 12.1. The zero-order valence-corrected chi connectivity index (χ0v) is 12.1. The van der Waals surface area contributed by atoms with Crippen LogP contribution in [0.5, 0.6) is 0 Å². The monoisotopic (exact) mass is 273 g/mol. The maximum Gasteiger partial charge on any atom is 0.307 e. The van der Waals surface area contributed by atoms with Crippen LogP contribution >= 0.6 is 0 Å². The molecule has 0 aliphatic carbocycles. The number of carbonyl (C=O) groups excluding carboxylic acids is 2. The Hall–Kier alpha value is -2.10. The van der Waals surface area contributed by atoms with Crippen molar-refractivity contribution in [3.05, 3.63) is 35.5 Å². The molecule has 106 valence electrons. The molecule has 0 radical (unpaired) electrons. The average Bonchev–Trinajstić information content (AvgIpc) is 2.75. The Morgan fingerprint density at radius 2 is 2.05 bits per heavy atom. The van der Waals surface area contributed by atoms with E-state index in [1.54, 1.807) is 13.8 Å². The number of rotatable bonds is 5. The number of ketones is 1. The van der Waals surface area contributed by atoms with Gasteiger partial charge in [0.15, 0.2) is 5.78 Å². The fourth-order valence-corrected chi connectivity index (χ4v) is 2.32. The van der Waals surface area contributed by atoms with Gasteiger partial charge in [-0.25, -0.2) is 0 Å². The molecule has 1 aromatic carbocycles. The van der Waals surface area contributed by atoms with Gasteiger partial charge in [0.25, 0.3) is 0 Å². The van der Waals surface area contributed by atoms with Crippen molar-refractivity contribution in [2.75, 3.05) is 6.61 Å². The summed E-state index contributed by atoms with van der Waals surface area (Å²) in [5.41, 5.74) is 2.79. The van der Waals surface area contributed by atoms with Crippen molar-refractivity contribution < 1.29 is 14.3 Å². The predicted octanol–water partition coefficient (Wildman–Crippen LogP) is 3.11. The maximum atomic E-state index is 11.7. The number of nitrogens with zero attached hydrogens (tertiary/aromatic N) is 1. The number of hydrogen-bond donors (Lipinski definition) is 0. The molecule has 0 spiro atoms. The largest absolute Gasteiger partial charge is 0.466 e. The third-order valence-electron chi connectivity index (χ3n) is 3.28. The average molecular weight is 273 g/mol. The summed E-state index contributed by atoms with van der Waals surface area (Å²) >= 11 is 0. The molecule has 0 N–H and O–H groups in total. The first-order valence-corrected chi connectivity index (χ1v) is 6.79. The SMILES string of the molecule is CCOC(=O)CCn1cc(C(C)=O)c2cc(C)ccc21. The molecule has 20 heavy (non-hydrogen) atoms. The summed E-state index contributed by atoms with van der Waals surface area (Å²) < 4.78 is 6.88. The van der Waals surface area contributed by atoms with Crippen LogP contribution in [0.3, 0.4) is 0 Å². The smallest absolute Gasteiger partial charge is 0.307 e. The second-order valence-electron chi connectivity index (χ2n) is 4.87. The molecule has 0 bridgehead atoms. The van der Waals surface area contributed by atoms with Gasteiger partial charge in [-0.15, -0.1) is 0 Å². The molecule has 0 atom stereocenters. The first kappa shape index (κ1) is 14.3. The van der Waals surface area contributed by atoms with Crippen molar-refractivity contribution >= 4 is 22.7 Å². The summed E-state index contributed by atoms with van der Waals surface area (Å²) in [6, 6.07) is 6.00. The van der Waals surface area contributed by atoms with E-state index in [4.69, 9.17) is 4.74 Å². The van der Waals surface area contributed by atoms with Crippen LogP contribution in [0.25, 0.3) is 10.9 Å². The van der Waals surface area contributed by atoms with Gasteiger partial charge in [0.1, 0.15) is 0 Å². The van der Waals surface area contributed by atoms with E-state index in [9.17, 15) is 9.59 Å². The summed E-state index contributed by atoms with van der Waals surface area (Å²) in [6.07, 6.45) is 2.13. The minimum atomic E-state index is -0.217. The highest BCUT2D eigenvalue weighted by Gasteiger charge is 2.13. The van der Waals surface area contributed by atoms with E-state index in [1.165, 1.54) is 0 Å². The van der Waals surface area contributed by atoms with Crippen LogP contribution in [0, 0.1) is 6.92 Å². The molecule has 2 rings (SSSR count). The molecule has 0 saturated carbocycles. The van der Waals surface area contributed by atoms with Crippen molar-refractivity contribution in [3.8, 4) is 0 Å². The van der Waals surface area contributed by atoms with E-state index in [-0.39, 0.29) is 11.8 Å². The van der Waals surface area contributed by atoms with Crippen LogP contribution < -0.4 is 0 Å². The lowest BCUT2D eigenvalue weighted by atomic mass is 10.1. The molecule has 0 saturated heterocycles. The summed E-state index contributed by atoms with van der Waals surface area (Å²) in [4.78, 5) is 23.2. The Labute approximate surface area is 118 Å². The first-order chi connectivity index (χ1) is 9.52. The van der Waals surface area contributed by atoms with Gasteiger partial charge in [-0.3, -0.25) is 9.59 Å². The lowest BCUT2D eigenvalue weighted by Gasteiger charge is -2.05. The Morgan fingerprint density at radius 1 is 1.30 bits per heavy atom. The van der Waals surface area contributed by atoms with E-state index >= 15 is 0 Å². The highest BCUT2D eigenvalue weighted by molar-refractivity contribution is 6.07. The lowest BCUT2D eigenvalue weighted by molar-refractivity contribution is -0.143. The molecule has 1 aromatic heterocycles. The van der Waals surface area contributed by atoms with Gasteiger partial charge in [0, 0.05) is 29.2 Å². The van der Waals surface area contributed by atoms with Gasteiger partial charge in [-0.1, -0.05) is 11.6 Å². The fraction of sp³-hybridized carbons (Fsp3) is 0.375. The van der Waals surface area contributed by atoms with Crippen molar-refractivity contribution in [3.63, 3.8) is 0 Å². The number of Topliss-reactive ketones (excluding diaryl/α,β-unsaturated/α-hetero) is 1. The Morgan fingerprint density at radius 3 is 2.70 bits per heavy atom. The second kappa shape index (κ2) is 5.90. The minimum absolute atomic E-state index is 0.0375. The molecule has 4 heteroatoms. The van der Waals surface area contributed by atoms with Crippen LogP contribution in [0.1, 0.15) is 36.2 Å². The molecule has 2 aromatic rings. The van der Waals surface area contributed by atoms with Crippen molar-refractivity contribution in [1.82, 2.24) is 4.57 Å². The highest BCUT2D eigenvalue weighted by Crippen LogP contribution is 2.23. The molecule has 0 fully saturated rings. The number of ether oxygens (including phenoxy) is 1. The number of hydrogen-bond acceptors (Lipinski definition) is 3. The number of esters is 1. The van der Waals surface area contributed by atoms with Gasteiger partial charge < -0.3 is 9.30 Å². The van der Waals surface area contributed by atoms with Crippen LogP contribution in [0.15, 0.2) is 24.4 Å². The number of aryl methyl sites for hydroxylation is 2. The van der Waals surface area contributed by atoms with Gasteiger partial charge in [-0.05, 0) is 32.9 Å². The van der Waals surface area contributed by atoms with E-state index in [2.05, 4.69) is 0 Å². The van der Waals surface area contributed by atoms with Gasteiger partial charge in [0.2, 0.25) is 0 Å². The molecule has 0 amide bonds. The van der Waals surface area contributed by atoms with E-state index in [0.29, 0.717) is 25.1 Å². The van der Waals surface area contributed by atoms with Crippen LogP contribution in [-0.4, -0.2) is 22.9 Å². The summed E-state index contributed by atoms with van der Waals surface area (Å²) in [6.45, 7) is 6.26. The summed E-state index contributed by atoms with van der Waals surface area (Å²) in [5.74, 6) is -0.179. The molecule has 0 aliphatic rings. The van der Waals surface area contributed by atoms with Gasteiger partial charge >= 0.3 is 5.97 Å².